The first-order chi connectivity index (χ1) is 5.24. The topological polar surface area (TPSA) is 41.6 Å². The fourth-order valence-electron chi connectivity index (χ4n) is 0.840. The summed E-state index contributed by atoms with van der Waals surface area (Å²) in [6.07, 6.45) is 2.30. The van der Waals surface area contributed by atoms with Gasteiger partial charge in [0, 0.05) is 12.2 Å². The van der Waals surface area contributed by atoms with Crippen molar-refractivity contribution in [2.75, 3.05) is 0 Å². The molecule has 58 valence electrons. The summed E-state index contributed by atoms with van der Waals surface area (Å²) in [6, 6.07) is 4.32. The number of aromatic nitrogens is 2. The van der Waals surface area contributed by atoms with Crippen molar-refractivity contribution in [2.24, 2.45) is 0 Å². The fourth-order valence-corrected chi connectivity index (χ4v) is 0.840. The van der Waals surface area contributed by atoms with Gasteiger partial charge in [0.25, 0.3) is 0 Å². The molecule has 3 nitrogen and oxygen atoms in total. The molecule has 3 heteroatoms. The second-order valence-electron chi connectivity index (χ2n) is 2.72. The maximum atomic E-state index is 8.37. The molecular formula is C8H11N3. The number of nitrogens with zero attached hydrogens (tertiary/aromatic N) is 3. The summed E-state index contributed by atoms with van der Waals surface area (Å²) in [7, 11) is 0. The Bertz CT molecular complexity index is 267. The van der Waals surface area contributed by atoms with Crippen molar-refractivity contribution >= 4 is 0 Å². The lowest BCUT2D eigenvalue weighted by Crippen LogP contribution is -2.01. The molecule has 0 fully saturated rings. The fraction of sp³-hybridized carbons (Fsp3) is 0.500. The van der Waals surface area contributed by atoms with Crippen LogP contribution in [0.25, 0.3) is 0 Å². The lowest BCUT2D eigenvalue weighted by molar-refractivity contribution is 0.528. The van der Waals surface area contributed by atoms with Crippen molar-refractivity contribution in [1.29, 1.82) is 5.26 Å². The van der Waals surface area contributed by atoms with Crippen LogP contribution in [-0.4, -0.2) is 9.78 Å². The molecule has 0 N–H and O–H groups in total. The van der Waals surface area contributed by atoms with Gasteiger partial charge >= 0.3 is 0 Å². The molecule has 1 aromatic heterocycles. The molecule has 1 rings (SSSR count). The predicted octanol–water partition coefficient (Wildman–Crippen LogP) is 1.53. The standard InChI is InChI=1S/C8H11N3/c1-7(2)11-6-4-8(10-11)3-5-9/h4,6-7H,3H2,1-2H3. The van der Waals surface area contributed by atoms with Crippen LogP contribution in [0.1, 0.15) is 25.6 Å². The highest BCUT2D eigenvalue weighted by Crippen LogP contribution is 2.03. The Balaban J connectivity index is 2.75. The molecule has 0 amide bonds. The zero-order valence-electron chi connectivity index (χ0n) is 6.78. The average Bonchev–Trinajstić information content (AvgIpc) is 2.37. The summed E-state index contributed by atoms with van der Waals surface area (Å²) in [5, 5.41) is 12.6. The smallest absolute Gasteiger partial charge is 0.0793 e. The van der Waals surface area contributed by atoms with E-state index in [4.69, 9.17) is 5.26 Å². The summed E-state index contributed by atoms with van der Waals surface area (Å²) in [5.74, 6) is 0. The van der Waals surface area contributed by atoms with E-state index in [0.717, 1.165) is 5.69 Å². The normalized spacial score (nSPS) is 10.0. The van der Waals surface area contributed by atoms with Gasteiger partial charge in [-0.2, -0.15) is 10.4 Å². The Labute approximate surface area is 66.3 Å². The van der Waals surface area contributed by atoms with E-state index < -0.39 is 0 Å². The van der Waals surface area contributed by atoms with E-state index in [9.17, 15) is 0 Å². The summed E-state index contributed by atoms with van der Waals surface area (Å²) >= 11 is 0. The maximum Gasteiger partial charge on any atom is 0.0793 e. The van der Waals surface area contributed by atoms with Crippen molar-refractivity contribution in [3.63, 3.8) is 0 Å². The lowest BCUT2D eigenvalue weighted by atomic mass is 10.3. The number of rotatable bonds is 2. The highest BCUT2D eigenvalue weighted by Gasteiger charge is 1.99. The molecule has 0 saturated carbocycles. The van der Waals surface area contributed by atoms with Crippen LogP contribution in [-0.2, 0) is 6.42 Å². The first kappa shape index (κ1) is 7.80. The quantitative estimate of drug-likeness (QED) is 0.639. The molecule has 0 saturated heterocycles. The van der Waals surface area contributed by atoms with E-state index in [1.165, 1.54) is 0 Å². The highest BCUT2D eigenvalue weighted by molar-refractivity contribution is 5.04. The van der Waals surface area contributed by atoms with Gasteiger partial charge in [-0.15, -0.1) is 0 Å². The Morgan fingerprint density at radius 1 is 1.73 bits per heavy atom. The Morgan fingerprint density at radius 2 is 2.45 bits per heavy atom. The molecule has 0 aromatic carbocycles. The molecule has 1 heterocycles. The third-order valence-corrected chi connectivity index (χ3v) is 1.45. The largest absolute Gasteiger partial charge is 0.270 e. The third-order valence-electron chi connectivity index (χ3n) is 1.45. The lowest BCUT2D eigenvalue weighted by Gasteiger charge is -2.02. The van der Waals surface area contributed by atoms with Gasteiger partial charge in [0.15, 0.2) is 0 Å². The van der Waals surface area contributed by atoms with Crippen LogP contribution in [0.5, 0.6) is 0 Å². The molecule has 0 bridgehead atoms. The van der Waals surface area contributed by atoms with Crippen LogP contribution < -0.4 is 0 Å². The van der Waals surface area contributed by atoms with E-state index in [-0.39, 0.29) is 0 Å². The minimum atomic E-state index is 0.377. The van der Waals surface area contributed by atoms with Gasteiger partial charge in [-0.05, 0) is 19.9 Å². The van der Waals surface area contributed by atoms with Crippen LogP contribution in [0.3, 0.4) is 0 Å². The molecule has 0 radical (unpaired) electrons. The molecular weight excluding hydrogens is 138 g/mol. The van der Waals surface area contributed by atoms with E-state index in [0.29, 0.717) is 12.5 Å². The van der Waals surface area contributed by atoms with Crippen molar-refractivity contribution in [2.45, 2.75) is 26.3 Å². The van der Waals surface area contributed by atoms with Crippen molar-refractivity contribution < 1.29 is 0 Å². The zero-order chi connectivity index (χ0) is 8.27. The number of nitriles is 1. The van der Waals surface area contributed by atoms with Gasteiger partial charge in [-0.1, -0.05) is 0 Å². The van der Waals surface area contributed by atoms with E-state index >= 15 is 0 Å². The maximum absolute atomic E-state index is 8.37. The van der Waals surface area contributed by atoms with E-state index in [1.807, 2.05) is 16.9 Å². The molecule has 1 aromatic rings. The van der Waals surface area contributed by atoms with Crippen molar-refractivity contribution in [3.8, 4) is 6.07 Å². The van der Waals surface area contributed by atoms with Crippen LogP contribution in [0.2, 0.25) is 0 Å². The van der Waals surface area contributed by atoms with Gasteiger partial charge in [0.2, 0.25) is 0 Å². The SMILES string of the molecule is CC(C)n1ccc(CC#N)n1. The first-order valence-corrected chi connectivity index (χ1v) is 3.65. The summed E-state index contributed by atoms with van der Waals surface area (Å²) in [4.78, 5) is 0. The second-order valence-corrected chi connectivity index (χ2v) is 2.72. The van der Waals surface area contributed by atoms with Crippen LogP contribution in [0.4, 0.5) is 0 Å². The van der Waals surface area contributed by atoms with Crippen LogP contribution >= 0.6 is 0 Å². The summed E-state index contributed by atoms with van der Waals surface area (Å²) < 4.78 is 1.85. The average molecular weight is 149 g/mol. The Kier molecular flexibility index (Phi) is 2.27. The van der Waals surface area contributed by atoms with Gasteiger partial charge in [-0.25, -0.2) is 0 Å². The monoisotopic (exact) mass is 149 g/mol. The van der Waals surface area contributed by atoms with E-state index in [1.54, 1.807) is 0 Å². The first-order valence-electron chi connectivity index (χ1n) is 3.65. The molecule has 0 aliphatic rings. The van der Waals surface area contributed by atoms with Crippen LogP contribution in [0.15, 0.2) is 12.3 Å². The molecule has 0 aliphatic carbocycles. The van der Waals surface area contributed by atoms with Gasteiger partial charge in [0.05, 0.1) is 18.2 Å². The van der Waals surface area contributed by atoms with Crippen molar-refractivity contribution in [3.05, 3.63) is 18.0 Å². The summed E-state index contributed by atoms with van der Waals surface area (Å²) in [6.45, 7) is 4.12. The second kappa shape index (κ2) is 3.20. The Hall–Kier alpha value is -1.30. The van der Waals surface area contributed by atoms with Gasteiger partial charge in [0.1, 0.15) is 0 Å². The molecule has 0 aliphatic heterocycles. The minimum absolute atomic E-state index is 0.377. The molecule has 0 spiro atoms. The van der Waals surface area contributed by atoms with Gasteiger partial charge < -0.3 is 0 Å². The molecule has 11 heavy (non-hydrogen) atoms. The number of hydrogen-bond donors (Lipinski definition) is 0. The molecule has 0 atom stereocenters. The number of hydrogen-bond acceptors (Lipinski definition) is 2. The zero-order valence-corrected chi connectivity index (χ0v) is 6.78. The van der Waals surface area contributed by atoms with E-state index in [2.05, 4.69) is 25.0 Å². The van der Waals surface area contributed by atoms with Crippen LogP contribution in [0, 0.1) is 11.3 Å². The Morgan fingerprint density at radius 3 is 2.91 bits per heavy atom. The summed E-state index contributed by atoms with van der Waals surface area (Å²) in [5.41, 5.74) is 0.848. The van der Waals surface area contributed by atoms with Gasteiger partial charge in [-0.3, -0.25) is 4.68 Å². The third kappa shape index (κ3) is 1.81. The highest BCUT2D eigenvalue weighted by atomic mass is 15.3. The molecule has 0 unspecified atom stereocenters. The predicted molar refractivity (Wildman–Crippen MR) is 41.9 cm³/mol. The minimum Gasteiger partial charge on any atom is -0.270 e. The van der Waals surface area contributed by atoms with Crippen molar-refractivity contribution in [1.82, 2.24) is 9.78 Å².